The highest BCUT2D eigenvalue weighted by Crippen LogP contribution is 2.33. The van der Waals surface area contributed by atoms with E-state index in [1.807, 2.05) is 6.07 Å². The summed E-state index contributed by atoms with van der Waals surface area (Å²) in [6, 6.07) is 5.37. The number of aliphatic hydroxyl groups excluding tert-OH is 1. The summed E-state index contributed by atoms with van der Waals surface area (Å²) >= 11 is 0. The van der Waals surface area contributed by atoms with E-state index in [9.17, 15) is 9.90 Å². The second-order valence-electron chi connectivity index (χ2n) is 6.21. The average Bonchev–Trinajstić information content (AvgIpc) is 2.99. The zero-order valence-electron chi connectivity index (χ0n) is 14.6. The number of carbonyl (C=O) groups is 1. The highest BCUT2D eigenvalue weighted by molar-refractivity contribution is 5.87. The molecule has 2 aromatic rings. The fourth-order valence-corrected chi connectivity index (χ4v) is 3.16. The minimum atomic E-state index is -1.05. The summed E-state index contributed by atoms with van der Waals surface area (Å²) in [5.74, 6) is -0.000782. The first-order valence-corrected chi connectivity index (χ1v) is 8.91. The Labute approximate surface area is 151 Å². The largest absolute Gasteiger partial charge is 0.479 e. The molecule has 0 radical (unpaired) electrons. The quantitative estimate of drug-likeness (QED) is 0.705. The zero-order valence-corrected chi connectivity index (χ0v) is 14.6. The lowest BCUT2D eigenvalue weighted by molar-refractivity contribution is -0.161. The first-order valence-electron chi connectivity index (χ1n) is 8.91. The molecule has 0 bridgehead atoms. The average molecular weight is 364 g/mol. The second kappa shape index (κ2) is 9.02. The number of furan rings is 1. The van der Waals surface area contributed by atoms with Crippen molar-refractivity contribution < 1.29 is 33.6 Å². The van der Waals surface area contributed by atoms with Crippen molar-refractivity contribution in [2.45, 2.75) is 38.4 Å². The van der Waals surface area contributed by atoms with Gasteiger partial charge in [-0.15, -0.1) is 0 Å². The van der Waals surface area contributed by atoms with Crippen molar-refractivity contribution in [3.8, 4) is 5.75 Å². The van der Waals surface area contributed by atoms with Gasteiger partial charge in [0.15, 0.2) is 24.2 Å². The molecule has 1 unspecified atom stereocenters. The standard InChI is InChI=1S/C19H24O7/c20-9-7-15-13(8-11-24-18-6-1-2-10-23-18)14-4-3-5-16(19(14)26-15)25-12-17(21)22/h3-5,18,20H,1-2,6-12H2,(H,21,22). The van der Waals surface area contributed by atoms with E-state index in [1.54, 1.807) is 12.1 Å². The van der Waals surface area contributed by atoms with Gasteiger partial charge in [-0.2, -0.15) is 0 Å². The van der Waals surface area contributed by atoms with Crippen LogP contribution >= 0.6 is 0 Å². The van der Waals surface area contributed by atoms with Crippen LogP contribution in [0.25, 0.3) is 11.0 Å². The van der Waals surface area contributed by atoms with Crippen LogP contribution in [0.2, 0.25) is 0 Å². The summed E-state index contributed by atoms with van der Waals surface area (Å²) < 4.78 is 22.6. The van der Waals surface area contributed by atoms with Crippen molar-refractivity contribution in [3.05, 3.63) is 29.5 Å². The van der Waals surface area contributed by atoms with Crippen LogP contribution in [-0.2, 0) is 27.1 Å². The lowest BCUT2D eigenvalue weighted by Crippen LogP contribution is -2.23. The van der Waals surface area contributed by atoms with Gasteiger partial charge in [0.2, 0.25) is 0 Å². The summed E-state index contributed by atoms with van der Waals surface area (Å²) in [5.41, 5.74) is 1.45. The SMILES string of the molecule is O=C(O)COc1cccc2c(CCOC3CCCCO3)c(CCO)oc12. The van der Waals surface area contributed by atoms with Crippen LogP contribution in [0.5, 0.6) is 5.75 Å². The van der Waals surface area contributed by atoms with Gasteiger partial charge in [0.1, 0.15) is 5.76 Å². The molecule has 2 N–H and O–H groups in total. The molecule has 7 nitrogen and oxygen atoms in total. The normalized spacial score (nSPS) is 17.5. The molecule has 142 valence electrons. The molecule has 2 heterocycles. The van der Waals surface area contributed by atoms with E-state index in [4.69, 9.17) is 23.7 Å². The Morgan fingerprint density at radius 2 is 2.15 bits per heavy atom. The fourth-order valence-electron chi connectivity index (χ4n) is 3.16. The summed E-state index contributed by atoms with van der Waals surface area (Å²) in [4.78, 5) is 10.8. The van der Waals surface area contributed by atoms with Crippen molar-refractivity contribution in [2.24, 2.45) is 0 Å². The summed E-state index contributed by atoms with van der Waals surface area (Å²) in [6.07, 6.45) is 3.93. The molecule has 1 atom stereocenters. The van der Waals surface area contributed by atoms with E-state index in [0.29, 0.717) is 36.5 Å². The molecule has 26 heavy (non-hydrogen) atoms. The number of benzene rings is 1. The molecule has 0 saturated carbocycles. The van der Waals surface area contributed by atoms with Crippen LogP contribution in [0.15, 0.2) is 22.6 Å². The third kappa shape index (κ3) is 4.55. The van der Waals surface area contributed by atoms with Crippen LogP contribution in [-0.4, -0.2) is 48.9 Å². The monoisotopic (exact) mass is 364 g/mol. The Bertz CT molecular complexity index is 731. The first kappa shape index (κ1) is 18.7. The summed E-state index contributed by atoms with van der Waals surface area (Å²) in [5, 5.41) is 19.0. The highest BCUT2D eigenvalue weighted by atomic mass is 16.7. The zero-order chi connectivity index (χ0) is 18.4. The van der Waals surface area contributed by atoms with Gasteiger partial charge in [0.25, 0.3) is 0 Å². The predicted octanol–water partition coefficient (Wildman–Crippen LogP) is 2.52. The maximum absolute atomic E-state index is 10.8. The Morgan fingerprint density at radius 3 is 2.88 bits per heavy atom. The molecule has 7 heteroatoms. The van der Waals surface area contributed by atoms with Gasteiger partial charge in [-0.05, 0) is 31.7 Å². The summed E-state index contributed by atoms with van der Waals surface area (Å²) in [6.45, 7) is 0.745. The number of ether oxygens (including phenoxy) is 3. The molecular weight excluding hydrogens is 340 g/mol. The minimum Gasteiger partial charge on any atom is -0.479 e. The first-order chi connectivity index (χ1) is 12.7. The van der Waals surface area contributed by atoms with E-state index in [1.165, 1.54) is 0 Å². The van der Waals surface area contributed by atoms with Crippen molar-refractivity contribution >= 4 is 16.9 Å². The number of aliphatic hydroxyl groups is 1. The van der Waals surface area contributed by atoms with Crippen molar-refractivity contribution in [3.63, 3.8) is 0 Å². The number of para-hydroxylation sites is 1. The van der Waals surface area contributed by atoms with E-state index >= 15 is 0 Å². The van der Waals surface area contributed by atoms with Gasteiger partial charge in [-0.1, -0.05) is 12.1 Å². The van der Waals surface area contributed by atoms with E-state index in [0.717, 1.165) is 36.8 Å². The molecule has 1 aliphatic heterocycles. The number of carboxylic acids is 1. The Morgan fingerprint density at radius 1 is 1.27 bits per heavy atom. The molecule has 1 aromatic heterocycles. The smallest absolute Gasteiger partial charge is 0.341 e. The van der Waals surface area contributed by atoms with Crippen LogP contribution in [0.3, 0.4) is 0 Å². The molecule has 1 aromatic carbocycles. The molecule has 0 amide bonds. The third-order valence-corrected chi connectivity index (χ3v) is 4.35. The van der Waals surface area contributed by atoms with Crippen LogP contribution in [0.4, 0.5) is 0 Å². The number of fused-ring (bicyclic) bond motifs is 1. The van der Waals surface area contributed by atoms with Crippen molar-refractivity contribution in [2.75, 3.05) is 26.4 Å². The fraction of sp³-hybridized carbons (Fsp3) is 0.526. The Hall–Kier alpha value is -2.09. The lowest BCUT2D eigenvalue weighted by atomic mass is 10.1. The number of hydrogen-bond acceptors (Lipinski definition) is 6. The van der Waals surface area contributed by atoms with Gasteiger partial charge < -0.3 is 28.8 Å². The molecule has 1 aliphatic rings. The molecule has 1 fully saturated rings. The highest BCUT2D eigenvalue weighted by Gasteiger charge is 2.19. The van der Waals surface area contributed by atoms with E-state index < -0.39 is 12.6 Å². The van der Waals surface area contributed by atoms with Crippen LogP contribution < -0.4 is 4.74 Å². The van der Waals surface area contributed by atoms with Crippen molar-refractivity contribution in [1.29, 1.82) is 0 Å². The number of aliphatic carboxylic acids is 1. The maximum Gasteiger partial charge on any atom is 0.341 e. The number of carboxylic acid groups (broad SMARTS) is 1. The van der Waals surface area contributed by atoms with Gasteiger partial charge in [-0.25, -0.2) is 4.79 Å². The third-order valence-electron chi connectivity index (χ3n) is 4.35. The second-order valence-corrected chi connectivity index (χ2v) is 6.21. The van der Waals surface area contributed by atoms with Crippen molar-refractivity contribution in [1.82, 2.24) is 0 Å². The van der Waals surface area contributed by atoms with E-state index in [2.05, 4.69) is 0 Å². The predicted molar refractivity (Wildman–Crippen MR) is 93.4 cm³/mol. The Kier molecular flexibility index (Phi) is 6.49. The minimum absolute atomic E-state index is 0.0370. The van der Waals surface area contributed by atoms with Crippen LogP contribution in [0, 0.1) is 0 Å². The topological polar surface area (TPSA) is 98.4 Å². The van der Waals surface area contributed by atoms with Crippen LogP contribution in [0.1, 0.15) is 30.6 Å². The lowest BCUT2D eigenvalue weighted by Gasteiger charge is -2.22. The van der Waals surface area contributed by atoms with Gasteiger partial charge in [0.05, 0.1) is 13.2 Å². The molecule has 0 spiro atoms. The van der Waals surface area contributed by atoms with Gasteiger partial charge in [0, 0.05) is 24.0 Å². The van der Waals surface area contributed by atoms with E-state index in [-0.39, 0.29) is 12.9 Å². The summed E-state index contributed by atoms with van der Waals surface area (Å²) in [7, 11) is 0. The van der Waals surface area contributed by atoms with Gasteiger partial charge in [-0.3, -0.25) is 0 Å². The number of rotatable bonds is 9. The molecule has 3 rings (SSSR count). The maximum atomic E-state index is 10.8. The molecule has 1 saturated heterocycles. The Balaban J connectivity index is 1.76. The molecular formula is C19H24O7. The number of hydrogen-bond donors (Lipinski definition) is 2. The molecule has 0 aliphatic carbocycles. The van der Waals surface area contributed by atoms with Gasteiger partial charge >= 0.3 is 5.97 Å².